The van der Waals surface area contributed by atoms with Crippen LogP contribution in [0.2, 0.25) is 0 Å². The number of aromatic nitrogens is 2. The minimum atomic E-state index is -4.54. The van der Waals surface area contributed by atoms with Crippen molar-refractivity contribution < 1.29 is 27.8 Å². The second kappa shape index (κ2) is 4.21. The molecule has 0 saturated heterocycles. The summed E-state index contributed by atoms with van der Waals surface area (Å²) >= 11 is 0. The maximum absolute atomic E-state index is 11.8. The van der Waals surface area contributed by atoms with E-state index >= 15 is 0 Å². The van der Waals surface area contributed by atoms with E-state index < -0.39 is 36.1 Å². The lowest BCUT2D eigenvalue weighted by Crippen LogP contribution is -2.20. The Hall–Kier alpha value is -2.06. The van der Waals surface area contributed by atoms with Gasteiger partial charge in [0.2, 0.25) is 5.88 Å². The number of alkyl halides is 3. The summed E-state index contributed by atoms with van der Waals surface area (Å²) in [6.07, 6.45) is -3.72. The lowest BCUT2D eigenvalue weighted by Gasteiger charge is -2.08. The first kappa shape index (κ1) is 12.0. The molecule has 0 saturated carbocycles. The van der Waals surface area contributed by atoms with Crippen molar-refractivity contribution in [2.75, 3.05) is 12.3 Å². The number of hydrogen-bond donors (Lipinski definition) is 2. The molecule has 0 atom stereocenters. The number of nitrogens with two attached hydrogens (primary N) is 1. The third-order valence-electron chi connectivity index (χ3n) is 1.36. The molecule has 0 unspecified atom stereocenters. The van der Waals surface area contributed by atoms with Crippen molar-refractivity contribution in [1.82, 2.24) is 9.97 Å². The number of carbonyl (C=O) groups is 1. The molecule has 1 rings (SSSR count). The van der Waals surface area contributed by atoms with Crippen molar-refractivity contribution in [3.63, 3.8) is 0 Å². The maximum atomic E-state index is 11.8. The van der Waals surface area contributed by atoms with Gasteiger partial charge in [-0.1, -0.05) is 0 Å². The van der Waals surface area contributed by atoms with Gasteiger partial charge in [0.25, 0.3) is 0 Å². The minimum absolute atomic E-state index is 0.396. The van der Waals surface area contributed by atoms with Crippen LogP contribution in [0.15, 0.2) is 6.20 Å². The van der Waals surface area contributed by atoms with Gasteiger partial charge >= 0.3 is 12.1 Å². The number of aromatic carboxylic acids is 1. The second-order valence-corrected chi connectivity index (χ2v) is 2.65. The Labute approximate surface area is 86.9 Å². The van der Waals surface area contributed by atoms with Crippen LogP contribution in [0.3, 0.4) is 0 Å². The fraction of sp³-hybridized carbons (Fsp3) is 0.286. The van der Waals surface area contributed by atoms with Crippen LogP contribution in [0.25, 0.3) is 0 Å². The van der Waals surface area contributed by atoms with Gasteiger partial charge in [0.05, 0.1) is 6.20 Å². The molecule has 16 heavy (non-hydrogen) atoms. The molecule has 0 aromatic carbocycles. The molecule has 0 radical (unpaired) electrons. The Balaban J connectivity index is 2.83. The highest BCUT2D eigenvalue weighted by Gasteiger charge is 2.29. The van der Waals surface area contributed by atoms with Gasteiger partial charge < -0.3 is 15.6 Å². The zero-order chi connectivity index (χ0) is 12.3. The molecule has 1 heterocycles. The Morgan fingerprint density at radius 1 is 1.56 bits per heavy atom. The summed E-state index contributed by atoms with van der Waals surface area (Å²) in [5.41, 5.74) is 4.49. The van der Waals surface area contributed by atoms with Crippen LogP contribution in [0, 0.1) is 0 Å². The number of carboxylic acids is 1. The molecule has 0 aliphatic carbocycles. The fourth-order valence-electron chi connectivity index (χ4n) is 0.765. The monoisotopic (exact) mass is 237 g/mol. The molecular weight excluding hydrogens is 231 g/mol. The quantitative estimate of drug-likeness (QED) is 0.802. The van der Waals surface area contributed by atoms with Crippen LogP contribution in [-0.2, 0) is 0 Å². The van der Waals surface area contributed by atoms with Gasteiger partial charge in [-0.3, -0.25) is 0 Å². The van der Waals surface area contributed by atoms with Crippen molar-refractivity contribution in [3.8, 4) is 5.88 Å². The third-order valence-corrected chi connectivity index (χ3v) is 1.36. The highest BCUT2D eigenvalue weighted by Crippen LogP contribution is 2.17. The molecule has 9 heteroatoms. The van der Waals surface area contributed by atoms with Gasteiger partial charge in [0, 0.05) is 0 Å². The number of anilines is 1. The molecule has 1 aromatic heterocycles. The smallest absolute Gasteiger partial charge is 0.422 e. The third kappa shape index (κ3) is 3.26. The molecular formula is C7H6F3N3O3. The number of hydrogen-bond acceptors (Lipinski definition) is 5. The molecule has 0 bridgehead atoms. The Kier molecular flexibility index (Phi) is 3.16. The van der Waals surface area contributed by atoms with Crippen molar-refractivity contribution >= 4 is 11.8 Å². The normalized spacial score (nSPS) is 11.2. The van der Waals surface area contributed by atoms with Gasteiger partial charge in [0.15, 0.2) is 18.1 Å². The van der Waals surface area contributed by atoms with E-state index in [0.29, 0.717) is 0 Å². The van der Waals surface area contributed by atoms with Gasteiger partial charge in [-0.25, -0.2) is 14.8 Å². The topological polar surface area (TPSA) is 98.3 Å². The first-order chi connectivity index (χ1) is 7.29. The van der Waals surface area contributed by atoms with Crippen LogP contribution in [0.1, 0.15) is 10.5 Å². The van der Waals surface area contributed by atoms with E-state index in [0.717, 1.165) is 6.20 Å². The standard InChI is InChI=1S/C7H6F3N3O3/c8-7(9,10)2-16-3-1-12-5(11)4(13-3)6(14)15/h1H,2H2,(H2,11,12)(H,14,15). The summed E-state index contributed by atoms with van der Waals surface area (Å²) in [4.78, 5) is 17.1. The molecule has 6 nitrogen and oxygen atoms in total. The fourth-order valence-corrected chi connectivity index (χ4v) is 0.765. The number of ether oxygens (including phenoxy) is 1. The number of rotatable bonds is 3. The van der Waals surface area contributed by atoms with Crippen LogP contribution in [0.5, 0.6) is 5.88 Å². The number of nitrogens with zero attached hydrogens (tertiary/aromatic N) is 2. The maximum Gasteiger partial charge on any atom is 0.422 e. The molecule has 88 valence electrons. The van der Waals surface area contributed by atoms with Gasteiger partial charge in [0.1, 0.15) is 0 Å². The van der Waals surface area contributed by atoms with E-state index in [1.165, 1.54) is 0 Å². The second-order valence-electron chi connectivity index (χ2n) is 2.65. The number of halogens is 3. The highest BCUT2D eigenvalue weighted by atomic mass is 19.4. The van der Waals surface area contributed by atoms with Crippen LogP contribution in [0.4, 0.5) is 19.0 Å². The first-order valence-corrected chi connectivity index (χ1v) is 3.85. The molecule has 0 spiro atoms. The lowest BCUT2D eigenvalue weighted by molar-refractivity contribution is -0.154. The average molecular weight is 237 g/mol. The molecule has 1 aromatic rings. The minimum Gasteiger partial charge on any atom is -0.476 e. The lowest BCUT2D eigenvalue weighted by atomic mass is 10.4. The van der Waals surface area contributed by atoms with Crippen molar-refractivity contribution in [1.29, 1.82) is 0 Å². The summed E-state index contributed by atoms with van der Waals surface area (Å²) in [6, 6.07) is 0. The molecule has 3 N–H and O–H groups in total. The van der Waals surface area contributed by atoms with E-state index in [-0.39, 0.29) is 0 Å². The Bertz CT molecular complexity index is 408. The predicted octanol–water partition coefficient (Wildman–Crippen LogP) is 0.698. The molecule has 0 amide bonds. The van der Waals surface area contributed by atoms with E-state index in [1.54, 1.807) is 0 Å². The van der Waals surface area contributed by atoms with Gasteiger partial charge in [-0.05, 0) is 0 Å². The summed E-state index contributed by atoms with van der Waals surface area (Å²) in [5, 5.41) is 8.56. The molecule has 0 aliphatic heterocycles. The van der Waals surface area contributed by atoms with Gasteiger partial charge in [-0.15, -0.1) is 0 Å². The Morgan fingerprint density at radius 2 is 2.19 bits per heavy atom. The predicted molar refractivity (Wildman–Crippen MR) is 45.0 cm³/mol. The van der Waals surface area contributed by atoms with E-state index in [4.69, 9.17) is 10.8 Å². The van der Waals surface area contributed by atoms with Crippen molar-refractivity contribution in [2.45, 2.75) is 6.18 Å². The average Bonchev–Trinajstić information content (AvgIpc) is 2.14. The summed E-state index contributed by atoms with van der Waals surface area (Å²) in [7, 11) is 0. The van der Waals surface area contributed by atoms with Crippen LogP contribution in [-0.4, -0.2) is 33.8 Å². The molecule has 0 fully saturated rings. The van der Waals surface area contributed by atoms with Crippen molar-refractivity contribution in [2.24, 2.45) is 0 Å². The van der Waals surface area contributed by atoms with E-state index in [2.05, 4.69) is 14.7 Å². The zero-order valence-corrected chi connectivity index (χ0v) is 7.65. The molecule has 0 aliphatic rings. The van der Waals surface area contributed by atoms with Crippen LogP contribution >= 0.6 is 0 Å². The largest absolute Gasteiger partial charge is 0.476 e. The number of nitrogen functional groups attached to an aromatic ring is 1. The summed E-state index contributed by atoms with van der Waals surface area (Å²) in [6.45, 7) is -1.58. The van der Waals surface area contributed by atoms with E-state index in [9.17, 15) is 18.0 Å². The van der Waals surface area contributed by atoms with Crippen LogP contribution < -0.4 is 10.5 Å². The van der Waals surface area contributed by atoms with E-state index in [1.807, 2.05) is 0 Å². The summed E-state index contributed by atoms with van der Waals surface area (Å²) < 4.78 is 39.5. The zero-order valence-electron chi connectivity index (χ0n) is 7.65. The van der Waals surface area contributed by atoms with Crippen molar-refractivity contribution in [3.05, 3.63) is 11.9 Å². The highest BCUT2D eigenvalue weighted by molar-refractivity contribution is 5.90. The SMILES string of the molecule is Nc1ncc(OCC(F)(F)F)nc1C(=O)O. The first-order valence-electron chi connectivity index (χ1n) is 3.85. The number of carboxylic acid groups (broad SMARTS) is 1. The summed E-state index contributed by atoms with van der Waals surface area (Å²) in [5.74, 6) is -2.45. The Morgan fingerprint density at radius 3 is 2.69 bits per heavy atom. The van der Waals surface area contributed by atoms with Gasteiger partial charge in [-0.2, -0.15) is 13.2 Å².